The van der Waals surface area contributed by atoms with Gasteiger partial charge >= 0.3 is 11.9 Å². The molecule has 1 rings (SSSR count). The lowest BCUT2D eigenvalue weighted by Gasteiger charge is -2.18. The highest BCUT2D eigenvalue weighted by atomic mass is 16.4. The van der Waals surface area contributed by atoms with Crippen LogP contribution in [0, 0.1) is 6.92 Å². The van der Waals surface area contributed by atoms with Crippen molar-refractivity contribution in [2.75, 3.05) is 13.1 Å². The van der Waals surface area contributed by atoms with E-state index in [0.29, 0.717) is 6.42 Å². The van der Waals surface area contributed by atoms with Crippen molar-refractivity contribution in [3.8, 4) is 0 Å². The molecule has 6 nitrogen and oxygen atoms in total. The molecule has 0 spiro atoms. The summed E-state index contributed by atoms with van der Waals surface area (Å²) in [5.41, 5.74) is 2.03. The predicted molar refractivity (Wildman–Crippen MR) is 71.4 cm³/mol. The molecule has 0 radical (unpaired) electrons. The summed E-state index contributed by atoms with van der Waals surface area (Å²) in [6.45, 7) is 0.740. The second-order valence-corrected chi connectivity index (χ2v) is 4.53. The van der Waals surface area contributed by atoms with E-state index in [0.717, 1.165) is 16.0 Å². The van der Waals surface area contributed by atoms with Crippen LogP contribution in [0.2, 0.25) is 0 Å². The Balaban J connectivity index is 2.61. The fourth-order valence-electron chi connectivity index (χ4n) is 1.84. The zero-order chi connectivity index (χ0) is 15.1. The number of carbonyl (C=O) groups is 3. The van der Waals surface area contributed by atoms with Crippen molar-refractivity contribution in [3.63, 3.8) is 0 Å². The first-order valence-corrected chi connectivity index (χ1v) is 6.15. The minimum atomic E-state index is -1.23. The minimum absolute atomic E-state index is 0.0873. The van der Waals surface area contributed by atoms with Crippen LogP contribution >= 0.6 is 0 Å². The number of carboxylic acid groups (broad SMARTS) is 2. The van der Waals surface area contributed by atoms with Gasteiger partial charge in [0.15, 0.2) is 0 Å². The topological polar surface area (TPSA) is 94.9 Å². The summed E-state index contributed by atoms with van der Waals surface area (Å²) in [5.74, 6) is -2.93. The van der Waals surface area contributed by atoms with Crippen molar-refractivity contribution < 1.29 is 24.6 Å². The van der Waals surface area contributed by atoms with E-state index >= 15 is 0 Å². The lowest BCUT2D eigenvalue weighted by atomic mass is 10.1. The number of carbonyl (C=O) groups excluding carboxylic acids is 1. The molecule has 1 amide bonds. The van der Waals surface area contributed by atoms with Crippen LogP contribution in [0.25, 0.3) is 0 Å². The highest BCUT2D eigenvalue weighted by Gasteiger charge is 2.19. The fourth-order valence-corrected chi connectivity index (χ4v) is 1.84. The van der Waals surface area contributed by atoms with Gasteiger partial charge in [-0.15, -0.1) is 0 Å². The van der Waals surface area contributed by atoms with Crippen LogP contribution in [0.3, 0.4) is 0 Å². The molecule has 0 aliphatic carbocycles. The van der Waals surface area contributed by atoms with Gasteiger partial charge in [0.05, 0.1) is 0 Å². The normalized spacial score (nSPS) is 10.1. The maximum Gasteiger partial charge on any atom is 0.323 e. The minimum Gasteiger partial charge on any atom is -0.480 e. The molecule has 0 bridgehead atoms. The number of nitrogens with zero attached hydrogens (tertiary/aromatic N) is 1. The molecule has 0 fully saturated rings. The third-order valence-electron chi connectivity index (χ3n) is 2.71. The molecule has 0 aliphatic rings. The highest BCUT2D eigenvalue weighted by Crippen LogP contribution is 2.08. The molecule has 0 heterocycles. The molecule has 1 aromatic carbocycles. The standard InChI is InChI=1S/C14H17NO5/c1-10-3-2-4-11(7-10)5-6-12(16)15(8-13(17)18)9-14(19)20/h2-4,7H,5-6,8-9H2,1H3,(H,17,18)(H,19,20). The number of aryl methyl sites for hydroxylation is 2. The first-order valence-electron chi connectivity index (χ1n) is 6.15. The van der Waals surface area contributed by atoms with Gasteiger partial charge in [-0.3, -0.25) is 14.4 Å². The third kappa shape index (κ3) is 5.51. The van der Waals surface area contributed by atoms with Crippen molar-refractivity contribution in [1.29, 1.82) is 0 Å². The summed E-state index contributed by atoms with van der Waals surface area (Å²) in [5, 5.41) is 17.4. The summed E-state index contributed by atoms with van der Waals surface area (Å²) in [6, 6.07) is 7.62. The number of carboxylic acids is 2. The number of amides is 1. The zero-order valence-electron chi connectivity index (χ0n) is 11.2. The van der Waals surface area contributed by atoms with E-state index in [4.69, 9.17) is 10.2 Å². The Kier molecular flexibility index (Phi) is 5.71. The number of aliphatic carboxylic acids is 2. The molecule has 0 saturated heterocycles. The second kappa shape index (κ2) is 7.28. The Morgan fingerprint density at radius 3 is 2.20 bits per heavy atom. The first kappa shape index (κ1) is 15.7. The first-order chi connectivity index (χ1) is 9.38. The SMILES string of the molecule is Cc1cccc(CCC(=O)N(CC(=O)O)CC(=O)O)c1. The van der Waals surface area contributed by atoms with Crippen molar-refractivity contribution in [3.05, 3.63) is 35.4 Å². The van der Waals surface area contributed by atoms with Gasteiger partial charge in [-0.25, -0.2) is 0 Å². The second-order valence-electron chi connectivity index (χ2n) is 4.53. The molecule has 20 heavy (non-hydrogen) atoms. The van der Waals surface area contributed by atoms with Gasteiger partial charge in [0.1, 0.15) is 13.1 Å². The molecular formula is C14H17NO5. The lowest BCUT2D eigenvalue weighted by Crippen LogP contribution is -2.39. The molecule has 0 saturated carbocycles. The van der Waals surface area contributed by atoms with Crippen molar-refractivity contribution >= 4 is 17.8 Å². The van der Waals surface area contributed by atoms with Crippen molar-refractivity contribution in [2.24, 2.45) is 0 Å². The van der Waals surface area contributed by atoms with Crippen molar-refractivity contribution in [1.82, 2.24) is 4.90 Å². The number of rotatable bonds is 7. The Hall–Kier alpha value is -2.37. The largest absolute Gasteiger partial charge is 0.480 e. The Morgan fingerprint density at radius 1 is 1.10 bits per heavy atom. The van der Waals surface area contributed by atoms with Gasteiger partial charge in [-0.2, -0.15) is 0 Å². The van der Waals surface area contributed by atoms with Gasteiger partial charge in [-0.05, 0) is 18.9 Å². The Bertz CT molecular complexity index is 496. The van der Waals surface area contributed by atoms with Crippen LogP contribution in [0.4, 0.5) is 0 Å². The monoisotopic (exact) mass is 279 g/mol. The van der Waals surface area contributed by atoms with Crippen LogP contribution in [-0.2, 0) is 20.8 Å². The van der Waals surface area contributed by atoms with E-state index in [-0.39, 0.29) is 6.42 Å². The van der Waals surface area contributed by atoms with Gasteiger partial charge < -0.3 is 15.1 Å². The van der Waals surface area contributed by atoms with Crippen LogP contribution in [0.1, 0.15) is 17.5 Å². The smallest absolute Gasteiger partial charge is 0.323 e. The highest BCUT2D eigenvalue weighted by molar-refractivity contribution is 5.85. The number of benzene rings is 1. The fraction of sp³-hybridized carbons (Fsp3) is 0.357. The summed E-state index contributed by atoms with van der Waals surface area (Å²) in [6.07, 6.45) is 0.542. The molecular weight excluding hydrogens is 262 g/mol. The van der Waals surface area contributed by atoms with E-state index in [1.165, 1.54) is 0 Å². The molecule has 1 aromatic rings. The summed E-state index contributed by atoms with van der Waals surface area (Å²) in [4.78, 5) is 34.0. The van der Waals surface area contributed by atoms with E-state index < -0.39 is 30.9 Å². The zero-order valence-corrected chi connectivity index (χ0v) is 11.2. The van der Waals surface area contributed by atoms with E-state index in [1.807, 2.05) is 31.2 Å². The number of hydrogen-bond donors (Lipinski definition) is 2. The number of hydrogen-bond acceptors (Lipinski definition) is 3. The lowest BCUT2D eigenvalue weighted by molar-refractivity contribution is -0.149. The van der Waals surface area contributed by atoms with Gasteiger partial charge in [-0.1, -0.05) is 29.8 Å². The summed E-state index contributed by atoms with van der Waals surface area (Å²) < 4.78 is 0. The molecule has 6 heteroatoms. The maximum absolute atomic E-state index is 11.9. The maximum atomic E-state index is 11.9. The van der Waals surface area contributed by atoms with Gasteiger partial charge in [0, 0.05) is 6.42 Å². The molecule has 0 unspecified atom stereocenters. The van der Waals surface area contributed by atoms with Gasteiger partial charge in [0.25, 0.3) is 0 Å². The third-order valence-corrected chi connectivity index (χ3v) is 2.71. The van der Waals surface area contributed by atoms with Crippen molar-refractivity contribution in [2.45, 2.75) is 19.8 Å². The molecule has 0 aliphatic heterocycles. The van der Waals surface area contributed by atoms with Crippen LogP contribution in [0.5, 0.6) is 0 Å². The Morgan fingerprint density at radius 2 is 1.70 bits per heavy atom. The average Bonchev–Trinajstić information content (AvgIpc) is 2.34. The van der Waals surface area contributed by atoms with E-state index in [1.54, 1.807) is 0 Å². The molecule has 108 valence electrons. The summed E-state index contributed by atoms with van der Waals surface area (Å²) >= 11 is 0. The van der Waals surface area contributed by atoms with Crippen LogP contribution < -0.4 is 0 Å². The van der Waals surface area contributed by atoms with Crippen LogP contribution in [0.15, 0.2) is 24.3 Å². The Labute approximate surface area is 116 Å². The molecule has 0 atom stereocenters. The van der Waals surface area contributed by atoms with Crippen LogP contribution in [-0.4, -0.2) is 46.0 Å². The molecule has 0 aromatic heterocycles. The van der Waals surface area contributed by atoms with E-state index in [9.17, 15) is 14.4 Å². The summed E-state index contributed by atoms with van der Waals surface area (Å²) in [7, 11) is 0. The predicted octanol–water partition coefficient (Wildman–Crippen LogP) is 0.925. The van der Waals surface area contributed by atoms with Gasteiger partial charge in [0.2, 0.25) is 5.91 Å². The van der Waals surface area contributed by atoms with E-state index in [2.05, 4.69) is 0 Å². The quantitative estimate of drug-likeness (QED) is 0.774. The molecule has 2 N–H and O–H groups in total. The average molecular weight is 279 g/mol.